The van der Waals surface area contributed by atoms with Crippen LogP contribution in [0.1, 0.15) is 54.9 Å². The summed E-state index contributed by atoms with van der Waals surface area (Å²) in [6.07, 6.45) is 1.29. The van der Waals surface area contributed by atoms with Gasteiger partial charge in [0.1, 0.15) is 17.9 Å². The van der Waals surface area contributed by atoms with Crippen molar-refractivity contribution >= 4 is 11.8 Å². The molecule has 2 aliphatic heterocycles. The van der Waals surface area contributed by atoms with Crippen molar-refractivity contribution in [2.45, 2.75) is 70.2 Å². The lowest BCUT2D eigenvalue weighted by Crippen LogP contribution is -2.49. The highest BCUT2D eigenvalue weighted by atomic mass is 19.3. The zero-order chi connectivity index (χ0) is 22.1. The van der Waals surface area contributed by atoms with E-state index >= 15 is 0 Å². The van der Waals surface area contributed by atoms with Crippen LogP contribution in [0.2, 0.25) is 0 Å². The Hall–Kier alpha value is -2.48. The second kappa shape index (κ2) is 8.94. The SMILES string of the molecule is C=C1CCC(N2Cc3cc(O[C@H]4CCC[C@H]4N(CC)CC(F)F)ccc3C2=O)C(=O)N1. The van der Waals surface area contributed by atoms with Crippen LogP contribution in [0.15, 0.2) is 30.5 Å². The maximum Gasteiger partial charge on any atom is 0.255 e. The van der Waals surface area contributed by atoms with Gasteiger partial charge in [0, 0.05) is 23.8 Å². The summed E-state index contributed by atoms with van der Waals surface area (Å²) >= 11 is 0. The van der Waals surface area contributed by atoms with Crippen molar-refractivity contribution in [3.8, 4) is 5.75 Å². The highest BCUT2D eigenvalue weighted by Gasteiger charge is 2.39. The number of halogens is 2. The first-order valence-corrected chi connectivity index (χ1v) is 11.0. The van der Waals surface area contributed by atoms with E-state index in [4.69, 9.17) is 4.74 Å². The zero-order valence-corrected chi connectivity index (χ0v) is 17.8. The first-order valence-electron chi connectivity index (χ1n) is 11.0. The monoisotopic (exact) mass is 433 g/mol. The van der Waals surface area contributed by atoms with E-state index in [1.807, 2.05) is 13.0 Å². The molecule has 1 unspecified atom stereocenters. The van der Waals surface area contributed by atoms with Gasteiger partial charge in [-0.05, 0) is 62.4 Å². The van der Waals surface area contributed by atoms with Crippen LogP contribution in [0, 0.1) is 0 Å². The number of ether oxygens (including phenoxy) is 1. The first-order chi connectivity index (χ1) is 14.9. The molecular weight excluding hydrogens is 404 g/mol. The van der Waals surface area contributed by atoms with Crippen molar-refractivity contribution in [2.75, 3.05) is 13.1 Å². The topological polar surface area (TPSA) is 61.9 Å². The maximum absolute atomic E-state index is 13.0. The molecule has 1 saturated heterocycles. The van der Waals surface area contributed by atoms with Gasteiger partial charge in [-0.2, -0.15) is 0 Å². The zero-order valence-electron chi connectivity index (χ0n) is 17.8. The number of nitrogens with one attached hydrogen (secondary N) is 1. The van der Waals surface area contributed by atoms with E-state index in [-0.39, 0.29) is 30.5 Å². The summed E-state index contributed by atoms with van der Waals surface area (Å²) in [5.41, 5.74) is 2.09. The molecule has 3 aliphatic rings. The lowest BCUT2D eigenvalue weighted by molar-refractivity contribution is -0.126. The average molecular weight is 433 g/mol. The van der Waals surface area contributed by atoms with Crippen molar-refractivity contribution in [3.63, 3.8) is 0 Å². The number of carbonyl (C=O) groups excluding carboxylic acids is 2. The number of carbonyl (C=O) groups is 2. The standard InChI is InChI=1S/C23H29F2N3O3/c1-3-27(13-21(24)25)18-5-4-6-20(18)31-16-8-9-17-15(11-16)12-28(23(17)30)19-10-7-14(2)26-22(19)29/h8-9,11,18-21H,2-7,10,12-13H2,1H3,(H,26,29)/t18-,19?,20+/m1/s1. The van der Waals surface area contributed by atoms with Crippen LogP contribution >= 0.6 is 0 Å². The molecule has 3 atom stereocenters. The van der Waals surface area contributed by atoms with Gasteiger partial charge in [0.2, 0.25) is 5.91 Å². The van der Waals surface area contributed by atoms with Gasteiger partial charge < -0.3 is 15.0 Å². The maximum atomic E-state index is 13.0. The number of hydrogen-bond acceptors (Lipinski definition) is 4. The molecule has 1 aromatic carbocycles. The van der Waals surface area contributed by atoms with E-state index < -0.39 is 12.5 Å². The van der Waals surface area contributed by atoms with Crippen LogP contribution in [0.25, 0.3) is 0 Å². The number of fused-ring (bicyclic) bond motifs is 1. The van der Waals surface area contributed by atoms with E-state index in [9.17, 15) is 18.4 Å². The lowest BCUT2D eigenvalue weighted by atomic mass is 10.0. The number of allylic oxidation sites excluding steroid dienone is 1. The fraction of sp³-hybridized carbons (Fsp3) is 0.565. The molecule has 2 amide bonds. The van der Waals surface area contributed by atoms with E-state index in [1.165, 1.54) is 0 Å². The third kappa shape index (κ3) is 4.44. The number of hydrogen-bond donors (Lipinski definition) is 1. The molecular formula is C23H29F2N3O3. The van der Waals surface area contributed by atoms with Crippen LogP contribution in [-0.4, -0.2) is 59.3 Å². The van der Waals surface area contributed by atoms with Gasteiger partial charge in [0.25, 0.3) is 12.3 Å². The second-order valence-corrected chi connectivity index (χ2v) is 8.53. The van der Waals surface area contributed by atoms with E-state index in [0.717, 1.165) is 24.8 Å². The summed E-state index contributed by atoms with van der Waals surface area (Å²) in [4.78, 5) is 28.6. The van der Waals surface area contributed by atoms with E-state index in [1.54, 1.807) is 21.9 Å². The van der Waals surface area contributed by atoms with Crippen molar-refractivity contribution < 1.29 is 23.1 Å². The lowest BCUT2D eigenvalue weighted by Gasteiger charge is -2.32. The van der Waals surface area contributed by atoms with Crippen LogP contribution in [0.4, 0.5) is 8.78 Å². The number of likely N-dealkylation sites (N-methyl/N-ethyl adjacent to an activating group) is 1. The van der Waals surface area contributed by atoms with Gasteiger partial charge >= 0.3 is 0 Å². The number of benzene rings is 1. The molecule has 6 nitrogen and oxygen atoms in total. The smallest absolute Gasteiger partial charge is 0.255 e. The molecule has 1 saturated carbocycles. The van der Waals surface area contributed by atoms with Crippen molar-refractivity contribution in [3.05, 3.63) is 41.6 Å². The number of piperidine rings is 1. The summed E-state index contributed by atoms with van der Waals surface area (Å²) in [6.45, 7) is 6.35. The minimum Gasteiger partial charge on any atom is -0.489 e. The fourth-order valence-corrected chi connectivity index (χ4v) is 5.02. The quantitative estimate of drug-likeness (QED) is 0.717. The third-order valence-corrected chi connectivity index (χ3v) is 6.56. The van der Waals surface area contributed by atoms with Gasteiger partial charge in [0.05, 0.1) is 6.54 Å². The molecule has 2 heterocycles. The van der Waals surface area contributed by atoms with Crippen LogP contribution in [0.3, 0.4) is 0 Å². The van der Waals surface area contributed by atoms with E-state index in [0.29, 0.717) is 42.9 Å². The van der Waals surface area contributed by atoms with Gasteiger partial charge in [-0.15, -0.1) is 0 Å². The van der Waals surface area contributed by atoms with Gasteiger partial charge in [-0.25, -0.2) is 8.78 Å². The Balaban J connectivity index is 1.46. The number of alkyl halides is 2. The molecule has 2 fully saturated rings. The molecule has 8 heteroatoms. The Morgan fingerprint density at radius 3 is 2.81 bits per heavy atom. The molecule has 4 rings (SSSR count). The molecule has 168 valence electrons. The summed E-state index contributed by atoms with van der Waals surface area (Å²) in [7, 11) is 0. The van der Waals surface area contributed by atoms with Crippen molar-refractivity contribution in [1.29, 1.82) is 0 Å². The Morgan fingerprint density at radius 1 is 1.29 bits per heavy atom. The summed E-state index contributed by atoms with van der Waals surface area (Å²) < 4.78 is 32.1. The minimum absolute atomic E-state index is 0.0376. The van der Waals surface area contributed by atoms with E-state index in [2.05, 4.69) is 11.9 Å². The number of amides is 2. The highest BCUT2D eigenvalue weighted by molar-refractivity contribution is 6.01. The molecule has 0 radical (unpaired) electrons. The molecule has 0 bridgehead atoms. The van der Waals surface area contributed by atoms with Crippen molar-refractivity contribution in [1.82, 2.24) is 15.1 Å². The summed E-state index contributed by atoms with van der Waals surface area (Å²) in [5, 5.41) is 2.74. The third-order valence-electron chi connectivity index (χ3n) is 6.56. The predicted octanol–water partition coefficient (Wildman–Crippen LogP) is 3.32. The molecule has 31 heavy (non-hydrogen) atoms. The average Bonchev–Trinajstić information content (AvgIpc) is 3.30. The van der Waals surface area contributed by atoms with Gasteiger partial charge in [-0.3, -0.25) is 14.5 Å². The van der Waals surface area contributed by atoms with Crippen LogP contribution in [0.5, 0.6) is 5.75 Å². The Kier molecular flexibility index (Phi) is 6.27. The normalized spacial score (nSPS) is 26.0. The molecule has 1 aliphatic carbocycles. The summed E-state index contributed by atoms with van der Waals surface area (Å²) in [5.74, 6) is 0.295. The van der Waals surface area contributed by atoms with Gasteiger partial charge in [0.15, 0.2) is 0 Å². The predicted molar refractivity (Wildman–Crippen MR) is 112 cm³/mol. The molecule has 1 aromatic rings. The molecule has 0 aromatic heterocycles. The Bertz CT molecular complexity index is 876. The van der Waals surface area contributed by atoms with Crippen LogP contribution in [-0.2, 0) is 11.3 Å². The van der Waals surface area contributed by atoms with Crippen LogP contribution < -0.4 is 10.1 Å². The fourth-order valence-electron chi connectivity index (χ4n) is 5.02. The van der Waals surface area contributed by atoms with Crippen molar-refractivity contribution in [2.24, 2.45) is 0 Å². The molecule has 0 spiro atoms. The number of rotatable bonds is 7. The Labute approximate surface area is 181 Å². The minimum atomic E-state index is -2.37. The number of nitrogens with zero attached hydrogens (tertiary/aromatic N) is 2. The Morgan fingerprint density at radius 2 is 2.10 bits per heavy atom. The first kappa shape index (κ1) is 21.7. The van der Waals surface area contributed by atoms with Gasteiger partial charge in [-0.1, -0.05) is 13.5 Å². The summed E-state index contributed by atoms with van der Waals surface area (Å²) in [6, 6.07) is 4.83. The molecule has 1 N–H and O–H groups in total. The highest BCUT2D eigenvalue weighted by Crippen LogP contribution is 2.33. The second-order valence-electron chi connectivity index (χ2n) is 8.53. The largest absolute Gasteiger partial charge is 0.489 e.